The van der Waals surface area contributed by atoms with Gasteiger partial charge in [0.1, 0.15) is 5.82 Å². The van der Waals surface area contributed by atoms with E-state index < -0.39 is 10.0 Å². The molecule has 0 saturated carbocycles. The van der Waals surface area contributed by atoms with E-state index in [9.17, 15) is 8.42 Å². The Morgan fingerprint density at radius 2 is 2.12 bits per heavy atom. The van der Waals surface area contributed by atoms with Crippen molar-refractivity contribution < 1.29 is 8.42 Å². The Morgan fingerprint density at radius 1 is 1.44 bits per heavy atom. The van der Waals surface area contributed by atoms with Gasteiger partial charge in [-0.05, 0) is 47.1 Å². The minimum Gasteiger partial charge on any atom is -0.267 e. The number of anilines is 1. The summed E-state index contributed by atoms with van der Waals surface area (Å²) in [7, 11) is -3.26. The quantitative estimate of drug-likeness (QED) is 0.827. The van der Waals surface area contributed by atoms with Crippen molar-refractivity contribution in [3.63, 3.8) is 0 Å². The fourth-order valence-corrected chi connectivity index (χ4v) is 2.68. The van der Waals surface area contributed by atoms with Gasteiger partial charge in [-0.25, -0.2) is 13.4 Å². The third-order valence-electron chi connectivity index (χ3n) is 1.95. The lowest BCUT2D eigenvalue weighted by Crippen LogP contribution is -2.18. The van der Waals surface area contributed by atoms with Crippen LogP contribution in [0.1, 0.15) is 20.3 Å². The van der Waals surface area contributed by atoms with Crippen LogP contribution in [0.25, 0.3) is 0 Å². The van der Waals surface area contributed by atoms with E-state index in [2.05, 4.69) is 32.3 Å². The zero-order chi connectivity index (χ0) is 12.2. The molecule has 1 aromatic rings. The first-order valence-electron chi connectivity index (χ1n) is 5.01. The van der Waals surface area contributed by atoms with Gasteiger partial charge in [-0.15, -0.1) is 0 Å². The van der Waals surface area contributed by atoms with E-state index in [-0.39, 0.29) is 5.75 Å². The Bertz CT molecular complexity index is 429. The van der Waals surface area contributed by atoms with E-state index in [1.54, 1.807) is 12.3 Å². The lowest BCUT2D eigenvalue weighted by Gasteiger charge is -2.08. The molecule has 6 heteroatoms. The van der Waals surface area contributed by atoms with Crippen LogP contribution in [-0.4, -0.2) is 19.2 Å². The average Bonchev–Trinajstić information content (AvgIpc) is 2.19. The van der Waals surface area contributed by atoms with Crippen molar-refractivity contribution >= 4 is 38.4 Å². The molecule has 0 aliphatic carbocycles. The Morgan fingerprint density at radius 3 is 2.62 bits per heavy atom. The highest BCUT2D eigenvalue weighted by molar-refractivity contribution is 14.1. The number of aromatic nitrogens is 1. The highest BCUT2D eigenvalue weighted by Crippen LogP contribution is 2.10. The third kappa shape index (κ3) is 5.11. The highest BCUT2D eigenvalue weighted by atomic mass is 127. The van der Waals surface area contributed by atoms with Gasteiger partial charge in [-0.2, -0.15) is 0 Å². The molecule has 16 heavy (non-hydrogen) atoms. The van der Waals surface area contributed by atoms with Crippen LogP contribution in [0.3, 0.4) is 0 Å². The largest absolute Gasteiger partial charge is 0.267 e. The zero-order valence-corrected chi connectivity index (χ0v) is 12.2. The molecule has 0 unspecified atom stereocenters. The summed E-state index contributed by atoms with van der Waals surface area (Å²) in [5.41, 5.74) is 0. The summed E-state index contributed by atoms with van der Waals surface area (Å²) >= 11 is 2.12. The Kier molecular flexibility index (Phi) is 4.97. The number of nitrogens with one attached hydrogen (secondary N) is 1. The van der Waals surface area contributed by atoms with Crippen molar-refractivity contribution in [2.24, 2.45) is 5.92 Å². The highest BCUT2D eigenvalue weighted by Gasteiger charge is 2.11. The summed E-state index contributed by atoms with van der Waals surface area (Å²) in [5.74, 6) is 0.892. The van der Waals surface area contributed by atoms with Crippen LogP contribution >= 0.6 is 22.6 Å². The van der Waals surface area contributed by atoms with Gasteiger partial charge >= 0.3 is 0 Å². The van der Waals surface area contributed by atoms with Gasteiger partial charge in [0.05, 0.1) is 5.75 Å². The van der Waals surface area contributed by atoms with Gasteiger partial charge in [0, 0.05) is 9.77 Å². The second-order valence-electron chi connectivity index (χ2n) is 3.97. The monoisotopic (exact) mass is 354 g/mol. The first-order chi connectivity index (χ1) is 7.39. The number of pyridine rings is 1. The maximum absolute atomic E-state index is 11.6. The third-order valence-corrected chi connectivity index (χ3v) is 3.88. The van der Waals surface area contributed by atoms with E-state index in [1.165, 1.54) is 0 Å². The van der Waals surface area contributed by atoms with E-state index >= 15 is 0 Å². The summed E-state index contributed by atoms with van der Waals surface area (Å²) in [6, 6.07) is 3.47. The number of sulfonamides is 1. The number of halogens is 1. The topological polar surface area (TPSA) is 59.1 Å². The maximum atomic E-state index is 11.6. The van der Waals surface area contributed by atoms with Crippen molar-refractivity contribution in [3.8, 4) is 0 Å². The standard InChI is InChI=1S/C10H15IN2O2S/c1-8(2)5-6-16(14,15)13-10-4-3-9(11)7-12-10/h3-4,7-8H,5-6H2,1-2H3,(H,12,13). The zero-order valence-electron chi connectivity index (χ0n) is 9.27. The molecule has 1 aromatic heterocycles. The number of rotatable bonds is 5. The maximum Gasteiger partial charge on any atom is 0.233 e. The molecular weight excluding hydrogens is 339 g/mol. The van der Waals surface area contributed by atoms with Crippen molar-refractivity contribution in [3.05, 3.63) is 21.9 Å². The van der Waals surface area contributed by atoms with Gasteiger partial charge < -0.3 is 0 Å². The molecule has 0 aliphatic heterocycles. The van der Waals surface area contributed by atoms with Crippen LogP contribution in [0.2, 0.25) is 0 Å². The molecule has 0 aliphatic rings. The molecule has 0 bridgehead atoms. The molecular formula is C10H15IN2O2S. The second kappa shape index (κ2) is 5.81. The number of hydrogen-bond acceptors (Lipinski definition) is 3. The Hall–Kier alpha value is -0.370. The number of nitrogens with zero attached hydrogens (tertiary/aromatic N) is 1. The van der Waals surface area contributed by atoms with Gasteiger partial charge in [0.2, 0.25) is 10.0 Å². The smallest absolute Gasteiger partial charge is 0.233 e. The minimum absolute atomic E-state index is 0.137. The van der Waals surface area contributed by atoms with Crippen molar-refractivity contribution in [2.75, 3.05) is 10.5 Å². The van der Waals surface area contributed by atoms with Gasteiger partial charge in [0.25, 0.3) is 0 Å². The molecule has 0 amide bonds. The molecule has 0 atom stereocenters. The van der Waals surface area contributed by atoms with E-state index in [0.717, 1.165) is 3.57 Å². The molecule has 90 valence electrons. The lowest BCUT2D eigenvalue weighted by atomic mass is 10.2. The summed E-state index contributed by atoms with van der Waals surface area (Å²) in [4.78, 5) is 3.99. The Balaban J connectivity index is 2.62. The number of hydrogen-bond donors (Lipinski definition) is 1. The molecule has 0 radical (unpaired) electrons. The van der Waals surface area contributed by atoms with Gasteiger partial charge in [-0.3, -0.25) is 4.72 Å². The first kappa shape index (κ1) is 13.7. The van der Waals surface area contributed by atoms with Gasteiger partial charge in [0.15, 0.2) is 0 Å². The van der Waals surface area contributed by atoms with Crippen LogP contribution in [-0.2, 0) is 10.0 Å². The lowest BCUT2D eigenvalue weighted by molar-refractivity contribution is 0.578. The summed E-state index contributed by atoms with van der Waals surface area (Å²) < 4.78 is 26.7. The molecule has 1 N–H and O–H groups in total. The molecule has 0 aromatic carbocycles. The van der Waals surface area contributed by atoms with E-state index in [0.29, 0.717) is 18.2 Å². The van der Waals surface area contributed by atoms with Crippen LogP contribution in [0.5, 0.6) is 0 Å². The Labute approximate surface area is 110 Å². The molecule has 1 rings (SSSR count). The van der Waals surface area contributed by atoms with Crippen LogP contribution < -0.4 is 4.72 Å². The fourth-order valence-electron chi connectivity index (χ4n) is 1.04. The summed E-state index contributed by atoms with van der Waals surface area (Å²) in [6.45, 7) is 4.00. The average molecular weight is 354 g/mol. The first-order valence-corrected chi connectivity index (χ1v) is 7.74. The van der Waals surface area contributed by atoms with E-state index in [1.807, 2.05) is 19.9 Å². The SMILES string of the molecule is CC(C)CCS(=O)(=O)Nc1ccc(I)cn1. The van der Waals surface area contributed by atoms with Crippen LogP contribution in [0.4, 0.5) is 5.82 Å². The van der Waals surface area contributed by atoms with Gasteiger partial charge in [-0.1, -0.05) is 13.8 Å². The van der Waals surface area contributed by atoms with Crippen molar-refractivity contribution in [1.82, 2.24) is 4.98 Å². The van der Waals surface area contributed by atoms with Crippen molar-refractivity contribution in [1.29, 1.82) is 0 Å². The van der Waals surface area contributed by atoms with Crippen molar-refractivity contribution in [2.45, 2.75) is 20.3 Å². The predicted molar refractivity (Wildman–Crippen MR) is 73.8 cm³/mol. The second-order valence-corrected chi connectivity index (χ2v) is 7.05. The fraction of sp³-hybridized carbons (Fsp3) is 0.500. The summed E-state index contributed by atoms with van der Waals surface area (Å²) in [5, 5.41) is 0. The van der Waals surface area contributed by atoms with Crippen LogP contribution in [0.15, 0.2) is 18.3 Å². The molecule has 4 nitrogen and oxygen atoms in total. The predicted octanol–water partition coefficient (Wildman–Crippen LogP) is 2.47. The molecule has 1 heterocycles. The van der Waals surface area contributed by atoms with Crippen LogP contribution in [0, 0.1) is 9.49 Å². The summed E-state index contributed by atoms with van der Waals surface area (Å²) in [6.07, 6.45) is 2.28. The molecule has 0 saturated heterocycles. The normalized spacial score (nSPS) is 11.8. The molecule has 0 spiro atoms. The minimum atomic E-state index is -3.26. The molecule has 0 fully saturated rings. The van der Waals surface area contributed by atoms with E-state index in [4.69, 9.17) is 0 Å².